The van der Waals surface area contributed by atoms with Gasteiger partial charge in [0.15, 0.2) is 5.65 Å². The predicted molar refractivity (Wildman–Crippen MR) is 173 cm³/mol. The minimum Gasteiger partial charge on any atom is -0.444 e. The zero-order valence-electron chi connectivity index (χ0n) is 26.6. The topological polar surface area (TPSA) is 97.5 Å². The molecule has 12 heteroatoms. The Labute approximate surface area is 270 Å². The van der Waals surface area contributed by atoms with Crippen LogP contribution in [0, 0.1) is 0 Å². The van der Waals surface area contributed by atoms with Crippen molar-refractivity contribution in [2.24, 2.45) is 0 Å². The fraction of sp³-hybridized carbons (Fsp3) is 0.343. The summed E-state index contributed by atoms with van der Waals surface area (Å²) in [5, 5.41) is 12.0. The van der Waals surface area contributed by atoms with Crippen LogP contribution in [0.15, 0.2) is 79.3 Å². The number of pyridine rings is 1. The molecule has 47 heavy (non-hydrogen) atoms. The monoisotopic (exact) mass is 643 g/mol. The average molecular weight is 644 g/mol. The van der Waals surface area contributed by atoms with Crippen LogP contribution in [0.1, 0.15) is 69.4 Å². The molecule has 1 atom stereocenters. The maximum absolute atomic E-state index is 13.9. The molecule has 1 fully saturated rings. The van der Waals surface area contributed by atoms with Gasteiger partial charge in [0, 0.05) is 36.8 Å². The smallest absolute Gasteiger partial charge is 0.416 e. The molecule has 0 bridgehead atoms. The summed E-state index contributed by atoms with van der Waals surface area (Å²) < 4.78 is 48.9. The van der Waals surface area contributed by atoms with Gasteiger partial charge in [-0.15, -0.1) is 10.2 Å². The number of amides is 1. The highest BCUT2D eigenvalue weighted by Gasteiger charge is 2.33. The van der Waals surface area contributed by atoms with E-state index in [4.69, 9.17) is 9.72 Å². The van der Waals surface area contributed by atoms with Gasteiger partial charge in [0.1, 0.15) is 23.6 Å². The van der Waals surface area contributed by atoms with Crippen LogP contribution in [0.25, 0.3) is 28.0 Å². The van der Waals surface area contributed by atoms with E-state index in [1.165, 1.54) is 6.07 Å². The molecule has 6 rings (SSSR count). The number of hydrogen-bond donors (Lipinski definition) is 1. The third-order valence-corrected chi connectivity index (χ3v) is 8.17. The first-order valence-electron chi connectivity index (χ1n) is 15.5. The third kappa shape index (κ3) is 7.06. The van der Waals surface area contributed by atoms with Crippen LogP contribution >= 0.6 is 0 Å². The Morgan fingerprint density at radius 3 is 2.43 bits per heavy atom. The first-order chi connectivity index (χ1) is 22.4. The van der Waals surface area contributed by atoms with E-state index in [0.717, 1.165) is 17.7 Å². The second-order valence-corrected chi connectivity index (χ2v) is 12.7. The van der Waals surface area contributed by atoms with Crippen molar-refractivity contribution in [3.05, 3.63) is 96.2 Å². The molecule has 2 aromatic carbocycles. The van der Waals surface area contributed by atoms with Crippen molar-refractivity contribution in [2.75, 3.05) is 18.4 Å². The zero-order chi connectivity index (χ0) is 33.3. The SMILES string of the molecule is C[C@H](Nc1cc(-c2nc(C3CCN(C(=O)OC(C)(C)C)CC3)n3cnnc3c2-c2cccc(C(F)(F)F)c2)ccn1)c1ccccc1. The minimum atomic E-state index is -4.53. The first-order valence-corrected chi connectivity index (χ1v) is 15.5. The Bertz CT molecular complexity index is 1880. The number of piperidine rings is 1. The number of nitrogens with one attached hydrogen (secondary N) is 1. The highest BCUT2D eigenvalue weighted by Crippen LogP contribution is 2.40. The van der Waals surface area contributed by atoms with Crippen LogP contribution in [0.4, 0.5) is 23.8 Å². The highest BCUT2D eigenvalue weighted by atomic mass is 19.4. The van der Waals surface area contributed by atoms with Crippen molar-refractivity contribution in [2.45, 2.75) is 64.3 Å². The number of anilines is 1. The maximum atomic E-state index is 13.9. The molecule has 244 valence electrons. The van der Waals surface area contributed by atoms with Crippen LogP contribution in [0.5, 0.6) is 0 Å². The fourth-order valence-corrected chi connectivity index (χ4v) is 5.87. The molecule has 1 saturated heterocycles. The van der Waals surface area contributed by atoms with E-state index in [1.54, 1.807) is 34.0 Å². The number of ether oxygens (including phenoxy) is 1. The Morgan fingerprint density at radius 1 is 0.979 bits per heavy atom. The van der Waals surface area contributed by atoms with Crippen LogP contribution in [-0.2, 0) is 10.9 Å². The van der Waals surface area contributed by atoms with Gasteiger partial charge in [-0.25, -0.2) is 14.8 Å². The maximum Gasteiger partial charge on any atom is 0.416 e. The summed E-state index contributed by atoms with van der Waals surface area (Å²) in [6.07, 6.45) is -0.476. The second kappa shape index (κ2) is 12.7. The molecule has 0 aliphatic carbocycles. The van der Waals surface area contributed by atoms with E-state index >= 15 is 0 Å². The Morgan fingerprint density at radius 2 is 1.72 bits per heavy atom. The molecule has 1 aliphatic rings. The van der Waals surface area contributed by atoms with E-state index < -0.39 is 17.3 Å². The number of alkyl halides is 3. The van der Waals surface area contributed by atoms with Crippen molar-refractivity contribution in [1.29, 1.82) is 0 Å². The van der Waals surface area contributed by atoms with E-state index in [9.17, 15) is 18.0 Å². The van der Waals surface area contributed by atoms with Crippen molar-refractivity contribution >= 4 is 17.6 Å². The largest absolute Gasteiger partial charge is 0.444 e. The molecule has 0 saturated carbocycles. The summed E-state index contributed by atoms with van der Waals surface area (Å²) in [6, 6.07) is 18.7. The number of halogens is 3. The Balaban J connectivity index is 1.43. The lowest BCUT2D eigenvalue weighted by Crippen LogP contribution is -2.41. The summed E-state index contributed by atoms with van der Waals surface area (Å²) in [5.41, 5.74) is 1.96. The number of hydrogen-bond acceptors (Lipinski definition) is 7. The van der Waals surface area contributed by atoms with E-state index in [1.807, 2.05) is 64.1 Å². The van der Waals surface area contributed by atoms with Crippen molar-refractivity contribution in [3.8, 4) is 22.4 Å². The number of benzene rings is 2. The number of carbonyl (C=O) groups excluding carboxylic acids is 1. The Hall–Kier alpha value is -5.00. The summed E-state index contributed by atoms with van der Waals surface area (Å²) in [6.45, 7) is 8.47. The quantitative estimate of drug-likeness (QED) is 0.199. The molecule has 0 radical (unpaired) electrons. The average Bonchev–Trinajstić information content (AvgIpc) is 3.53. The number of rotatable bonds is 6. The number of aromatic nitrogens is 5. The van der Waals surface area contributed by atoms with Crippen molar-refractivity contribution in [1.82, 2.24) is 29.5 Å². The van der Waals surface area contributed by atoms with Crippen LogP contribution in [0.2, 0.25) is 0 Å². The number of nitrogens with zero attached hydrogens (tertiary/aromatic N) is 6. The van der Waals surface area contributed by atoms with Crippen LogP contribution in [-0.4, -0.2) is 54.2 Å². The predicted octanol–water partition coefficient (Wildman–Crippen LogP) is 8.16. The molecule has 5 aromatic rings. The van der Waals surface area contributed by atoms with Gasteiger partial charge in [-0.2, -0.15) is 13.2 Å². The van der Waals surface area contributed by atoms with Gasteiger partial charge in [-0.05, 0) is 75.9 Å². The van der Waals surface area contributed by atoms with Gasteiger partial charge in [0.25, 0.3) is 0 Å². The number of fused-ring (bicyclic) bond motifs is 1. The number of carbonyl (C=O) groups is 1. The molecule has 1 amide bonds. The lowest BCUT2D eigenvalue weighted by Gasteiger charge is -2.33. The lowest BCUT2D eigenvalue weighted by atomic mass is 9.94. The molecular formula is C35H36F3N7O2. The first kappa shape index (κ1) is 32.0. The summed E-state index contributed by atoms with van der Waals surface area (Å²) in [7, 11) is 0. The summed E-state index contributed by atoms with van der Waals surface area (Å²) in [5.74, 6) is 1.19. The van der Waals surface area contributed by atoms with Crippen LogP contribution in [0.3, 0.4) is 0 Å². The molecule has 1 aliphatic heterocycles. The highest BCUT2D eigenvalue weighted by molar-refractivity contribution is 5.90. The molecule has 3 aromatic heterocycles. The van der Waals surface area contributed by atoms with E-state index in [-0.39, 0.29) is 18.1 Å². The molecule has 0 unspecified atom stereocenters. The molecule has 9 nitrogen and oxygen atoms in total. The molecule has 1 N–H and O–H groups in total. The molecular weight excluding hydrogens is 607 g/mol. The molecule has 4 heterocycles. The van der Waals surface area contributed by atoms with Gasteiger partial charge in [-0.1, -0.05) is 42.5 Å². The molecule has 0 spiro atoms. The minimum absolute atomic E-state index is 0.0560. The van der Waals surface area contributed by atoms with E-state index in [2.05, 4.69) is 20.5 Å². The van der Waals surface area contributed by atoms with Crippen LogP contribution < -0.4 is 5.32 Å². The van der Waals surface area contributed by atoms with Gasteiger partial charge >= 0.3 is 12.3 Å². The standard InChI is InChI=1S/C35H36F3N7O2/c1-22(23-9-6-5-7-10-23)41-28-20-26(13-16-39-28)30-29(25-11-8-12-27(19-25)35(36,37)38)32-43-40-21-45(32)31(42-30)24-14-17-44(18-15-24)33(46)47-34(2,3)4/h5-13,16,19-22,24H,14-15,17-18H2,1-4H3,(H,39,41)/t22-/m0/s1. The van der Waals surface area contributed by atoms with Gasteiger partial charge in [-0.3, -0.25) is 4.40 Å². The number of likely N-dealkylation sites (tertiary alicyclic amines) is 1. The van der Waals surface area contributed by atoms with Gasteiger partial charge < -0.3 is 15.0 Å². The Kier molecular flexibility index (Phi) is 8.61. The van der Waals surface area contributed by atoms with Gasteiger partial charge in [0.05, 0.1) is 16.8 Å². The lowest BCUT2D eigenvalue weighted by molar-refractivity contribution is -0.137. The zero-order valence-corrected chi connectivity index (χ0v) is 26.6. The summed E-state index contributed by atoms with van der Waals surface area (Å²) >= 11 is 0. The summed E-state index contributed by atoms with van der Waals surface area (Å²) in [4.78, 5) is 24.1. The second-order valence-electron chi connectivity index (χ2n) is 12.7. The van der Waals surface area contributed by atoms with Gasteiger partial charge in [0.2, 0.25) is 0 Å². The van der Waals surface area contributed by atoms with E-state index in [0.29, 0.717) is 65.6 Å². The van der Waals surface area contributed by atoms with Crippen molar-refractivity contribution in [3.63, 3.8) is 0 Å². The third-order valence-electron chi connectivity index (χ3n) is 8.17. The normalized spacial score (nSPS) is 15.1. The van der Waals surface area contributed by atoms with Crippen molar-refractivity contribution < 1.29 is 22.7 Å². The fourth-order valence-electron chi connectivity index (χ4n) is 5.87.